The molecule has 0 fully saturated rings. The molecule has 0 saturated carbocycles. The molecule has 0 heterocycles. The highest BCUT2D eigenvalue weighted by atomic mass is 16.5. The zero-order valence-corrected chi connectivity index (χ0v) is 9.58. The Hall–Kier alpha value is -0.630. The van der Waals surface area contributed by atoms with Gasteiger partial charge in [0.15, 0.2) is 0 Å². The monoisotopic (exact) mass is 198 g/mol. The highest BCUT2D eigenvalue weighted by Gasteiger charge is 2.00. The summed E-state index contributed by atoms with van der Waals surface area (Å²) in [5, 5.41) is 0. The van der Waals surface area contributed by atoms with Crippen LogP contribution in [0.3, 0.4) is 0 Å². The molecule has 0 saturated heterocycles. The Morgan fingerprint density at radius 3 is 2.71 bits per heavy atom. The van der Waals surface area contributed by atoms with Gasteiger partial charge in [0.2, 0.25) is 0 Å². The van der Waals surface area contributed by atoms with Crippen molar-refractivity contribution in [3.63, 3.8) is 0 Å². The van der Waals surface area contributed by atoms with Gasteiger partial charge in [0, 0.05) is 13.2 Å². The van der Waals surface area contributed by atoms with Crippen LogP contribution >= 0.6 is 0 Å². The minimum absolute atomic E-state index is 0.678. The van der Waals surface area contributed by atoms with Crippen molar-refractivity contribution in [2.75, 3.05) is 13.2 Å². The first-order chi connectivity index (χ1) is 6.70. The van der Waals surface area contributed by atoms with Gasteiger partial charge in [0.05, 0.1) is 0 Å². The van der Waals surface area contributed by atoms with Crippen LogP contribution < -0.4 is 0 Å². The first-order valence-corrected chi connectivity index (χ1v) is 5.40. The zero-order valence-electron chi connectivity index (χ0n) is 9.58. The number of carbonyl (C=O) groups excluding carboxylic acids is 1. The summed E-state index contributed by atoms with van der Waals surface area (Å²) in [4.78, 5) is 10.3. The molecule has 1 unspecified atom stereocenters. The van der Waals surface area contributed by atoms with Crippen molar-refractivity contribution in [2.45, 2.75) is 40.0 Å². The summed E-state index contributed by atoms with van der Waals surface area (Å²) in [5.41, 5.74) is 0.835. The first-order valence-electron chi connectivity index (χ1n) is 5.40. The minimum Gasteiger partial charge on any atom is -0.382 e. The molecular weight excluding hydrogens is 176 g/mol. The molecule has 14 heavy (non-hydrogen) atoms. The van der Waals surface area contributed by atoms with E-state index in [2.05, 4.69) is 6.92 Å². The predicted octanol–water partition coefficient (Wildman–Crippen LogP) is 2.97. The molecule has 0 aromatic heterocycles. The van der Waals surface area contributed by atoms with Crippen LogP contribution in [0.4, 0.5) is 0 Å². The molecule has 0 N–H and O–H groups in total. The minimum atomic E-state index is 0.678. The van der Waals surface area contributed by atoms with Gasteiger partial charge in [-0.25, -0.2) is 0 Å². The number of hydrogen-bond donors (Lipinski definition) is 0. The lowest BCUT2D eigenvalue weighted by atomic mass is 10.0. The number of ether oxygens (including phenoxy) is 1. The summed E-state index contributed by atoms with van der Waals surface area (Å²) in [5.74, 6) is 0.678. The third-order valence-electron chi connectivity index (χ3n) is 2.27. The maximum absolute atomic E-state index is 10.3. The molecule has 0 aromatic rings. The van der Waals surface area contributed by atoms with Crippen LogP contribution in [0.1, 0.15) is 40.0 Å². The van der Waals surface area contributed by atoms with Crippen molar-refractivity contribution >= 4 is 6.29 Å². The summed E-state index contributed by atoms with van der Waals surface area (Å²) >= 11 is 0. The lowest BCUT2D eigenvalue weighted by molar-refractivity contribution is -0.104. The fourth-order valence-electron chi connectivity index (χ4n) is 1.22. The lowest BCUT2D eigenvalue weighted by Gasteiger charge is -2.09. The van der Waals surface area contributed by atoms with Gasteiger partial charge in [-0.15, -0.1) is 0 Å². The number of allylic oxidation sites excluding steroid dienone is 2. The molecule has 0 amide bonds. The van der Waals surface area contributed by atoms with Crippen molar-refractivity contribution < 1.29 is 9.53 Å². The van der Waals surface area contributed by atoms with Crippen molar-refractivity contribution in [1.82, 2.24) is 0 Å². The SMILES string of the molecule is CCOCCC(C)CC/C=C(\C)C=O. The summed E-state index contributed by atoms with van der Waals surface area (Å²) in [6.45, 7) is 7.74. The molecule has 0 rings (SSSR count). The average Bonchev–Trinajstić information content (AvgIpc) is 2.18. The summed E-state index contributed by atoms with van der Waals surface area (Å²) in [6.07, 6.45) is 6.16. The summed E-state index contributed by atoms with van der Waals surface area (Å²) in [6, 6.07) is 0. The van der Waals surface area contributed by atoms with E-state index in [-0.39, 0.29) is 0 Å². The van der Waals surface area contributed by atoms with Crippen molar-refractivity contribution in [2.24, 2.45) is 5.92 Å². The zero-order chi connectivity index (χ0) is 10.8. The fraction of sp³-hybridized carbons (Fsp3) is 0.750. The van der Waals surface area contributed by atoms with Gasteiger partial charge in [0.25, 0.3) is 0 Å². The molecule has 0 aliphatic carbocycles. The van der Waals surface area contributed by atoms with E-state index in [1.807, 2.05) is 19.9 Å². The number of rotatable bonds is 8. The lowest BCUT2D eigenvalue weighted by Crippen LogP contribution is -2.01. The molecular formula is C12H22O2. The van der Waals surface area contributed by atoms with Gasteiger partial charge in [-0.1, -0.05) is 13.0 Å². The Morgan fingerprint density at radius 1 is 1.43 bits per heavy atom. The van der Waals surface area contributed by atoms with Gasteiger partial charge >= 0.3 is 0 Å². The van der Waals surface area contributed by atoms with Gasteiger partial charge in [-0.3, -0.25) is 4.79 Å². The smallest absolute Gasteiger partial charge is 0.145 e. The molecule has 1 atom stereocenters. The average molecular weight is 198 g/mol. The van der Waals surface area contributed by atoms with Gasteiger partial charge in [0.1, 0.15) is 6.29 Å². The number of hydrogen-bond acceptors (Lipinski definition) is 2. The molecule has 2 heteroatoms. The quantitative estimate of drug-likeness (QED) is 0.340. The van der Waals surface area contributed by atoms with Crippen LogP contribution in [0.5, 0.6) is 0 Å². The molecule has 0 aliphatic rings. The Kier molecular flexibility index (Phi) is 8.54. The van der Waals surface area contributed by atoms with E-state index in [1.165, 1.54) is 0 Å². The van der Waals surface area contributed by atoms with E-state index in [1.54, 1.807) is 0 Å². The highest BCUT2D eigenvalue weighted by Crippen LogP contribution is 2.11. The van der Waals surface area contributed by atoms with E-state index in [9.17, 15) is 4.79 Å². The molecule has 82 valence electrons. The van der Waals surface area contributed by atoms with Crippen molar-refractivity contribution in [1.29, 1.82) is 0 Å². The molecule has 0 bridgehead atoms. The molecule has 0 radical (unpaired) electrons. The number of aldehydes is 1. The van der Waals surface area contributed by atoms with E-state index < -0.39 is 0 Å². The second kappa shape index (κ2) is 8.95. The molecule has 0 spiro atoms. The predicted molar refractivity (Wildman–Crippen MR) is 59.3 cm³/mol. The largest absolute Gasteiger partial charge is 0.382 e. The Balaban J connectivity index is 3.43. The topological polar surface area (TPSA) is 26.3 Å². The van der Waals surface area contributed by atoms with Crippen molar-refractivity contribution in [3.8, 4) is 0 Å². The third-order valence-corrected chi connectivity index (χ3v) is 2.27. The van der Waals surface area contributed by atoms with Crippen LogP contribution in [0.2, 0.25) is 0 Å². The molecule has 0 aromatic carbocycles. The van der Waals surface area contributed by atoms with E-state index in [0.717, 1.165) is 44.3 Å². The second-order valence-electron chi connectivity index (χ2n) is 3.73. The van der Waals surface area contributed by atoms with Crippen molar-refractivity contribution in [3.05, 3.63) is 11.6 Å². The van der Waals surface area contributed by atoms with Gasteiger partial charge in [-0.05, 0) is 44.6 Å². The number of carbonyl (C=O) groups is 1. The second-order valence-corrected chi connectivity index (χ2v) is 3.73. The fourth-order valence-corrected chi connectivity index (χ4v) is 1.22. The molecule has 2 nitrogen and oxygen atoms in total. The Bertz CT molecular complexity index is 173. The molecule has 0 aliphatic heterocycles. The van der Waals surface area contributed by atoms with Crippen LogP contribution in [0.25, 0.3) is 0 Å². The standard InChI is InChI=1S/C12H22O2/c1-4-14-9-8-11(2)6-5-7-12(3)10-13/h7,10-11H,4-6,8-9H2,1-3H3/b12-7+. The van der Waals surface area contributed by atoms with Gasteiger partial charge in [-0.2, -0.15) is 0 Å². The summed E-state index contributed by atoms with van der Waals surface area (Å²) < 4.78 is 5.28. The highest BCUT2D eigenvalue weighted by molar-refractivity contribution is 5.71. The van der Waals surface area contributed by atoms with E-state index in [0.29, 0.717) is 5.92 Å². The third kappa shape index (κ3) is 7.99. The maximum Gasteiger partial charge on any atom is 0.145 e. The van der Waals surface area contributed by atoms with E-state index in [4.69, 9.17) is 4.74 Å². The first kappa shape index (κ1) is 13.4. The Morgan fingerprint density at radius 2 is 2.14 bits per heavy atom. The summed E-state index contributed by atoms with van der Waals surface area (Å²) in [7, 11) is 0. The van der Waals surface area contributed by atoms with Crippen LogP contribution in [0, 0.1) is 5.92 Å². The normalized spacial score (nSPS) is 14.1. The Labute approximate surface area is 87.3 Å². The van der Waals surface area contributed by atoms with Crippen LogP contribution in [-0.4, -0.2) is 19.5 Å². The van der Waals surface area contributed by atoms with Gasteiger partial charge < -0.3 is 4.74 Å². The maximum atomic E-state index is 10.3. The van der Waals surface area contributed by atoms with E-state index >= 15 is 0 Å². The van der Waals surface area contributed by atoms with Crippen LogP contribution in [-0.2, 0) is 9.53 Å². The van der Waals surface area contributed by atoms with Crippen LogP contribution in [0.15, 0.2) is 11.6 Å².